The molecular formula is C59H49N. The van der Waals surface area contributed by atoms with Gasteiger partial charge in [0.2, 0.25) is 0 Å². The average Bonchev–Trinajstić information content (AvgIpc) is 3.55. The number of fused-ring (bicyclic) bond motifs is 5. The molecule has 0 radical (unpaired) electrons. The van der Waals surface area contributed by atoms with Crippen LogP contribution in [0.3, 0.4) is 0 Å². The van der Waals surface area contributed by atoms with Gasteiger partial charge < -0.3 is 4.90 Å². The van der Waals surface area contributed by atoms with Crippen LogP contribution in [0.25, 0.3) is 66.1 Å². The normalized spacial score (nSPS) is 14.6. The predicted molar refractivity (Wildman–Crippen MR) is 256 cm³/mol. The molecule has 0 saturated heterocycles. The second-order valence-electron chi connectivity index (χ2n) is 17.4. The third kappa shape index (κ3) is 5.98. The lowest BCUT2D eigenvalue weighted by Gasteiger charge is -2.31. The Hall–Kier alpha value is -6.70. The molecule has 11 rings (SSSR count). The van der Waals surface area contributed by atoms with E-state index < -0.39 is 0 Å². The summed E-state index contributed by atoms with van der Waals surface area (Å²) in [4.78, 5) is 2.54. The molecule has 290 valence electrons. The number of hydrogen-bond acceptors (Lipinski definition) is 1. The van der Waals surface area contributed by atoms with Crippen LogP contribution in [0, 0.1) is 0 Å². The van der Waals surface area contributed by atoms with Gasteiger partial charge in [-0.1, -0.05) is 203 Å². The van der Waals surface area contributed by atoms with E-state index in [0.29, 0.717) is 5.92 Å². The molecule has 2 aliphatic rings. The van der Waals surface area contributed by atoms with Crippen LogP contribution in [0.15, 0.2) is 194 Å². The lowest BCUT2D eigenvalue weighted by Crippen LogP contribution is -2.16. The maximum Gasteiger partial charge on any atom is 0.0540 e. The topological polar surface area (TPSA) is 3.24 Å². The summed E-state index contributed by atoms with van der Waals surface area (Å²) in [5.74, 6) is 0.582. The van der Waals surface area contributed by atoms with E-state index in [9.17, 15) is 0 Å². The minimum absolute atomic E-state index is 0.129. The molecular weight excluding hydrogens is 723 g/mol. The van der Waals surface area contributed by atoms with Gasteiger partial charge in [0.05, 0.1) is 11.4 Å². The first kappa shape index (κ1) is 36.4. The highest BCUT2D eigenvalue weighted by Crippen LogP contribution is 2.53. The van der Waals surface area contributed by atoms with Gasteiger partial charge in [-0.3, -0.25) is 0 Å². The lowest BCUT2D eigenvalue weighted by molar-refractivity contribution is 0.445. The third-order valence-corrected chi connectivity index (χ3v) is 13.6. The molecule has 0 N–H and O–H groups in total. The molecule has 0 bridgehead atoms. The third-order valence-electron chi connectivity index (χ3n) is 13.6. The zero-order chi connectivity index (χ0) is 40.2. The average molecular weight is 772 g/mol. The fourth-order valence-corrected chi connectivity index (χ4v) is 10.9. The van der Waals surface area contributed by atoms with Crippen molar-refractivity contribution in [2.24, 2.45) is 0 Å². The number of rotatable bonds is 7. The van der Waals surface area contributed by atoms with Gasteiger partial charge in [-0.25, -0.2) is 0 Å². The minimum Gasteiger partial charge on any atom is -0.309 e. The summed E-state index contributed by atoms with van der Waals surface area (Å²) >= 11 is 0. The molecule has 2 aliphatic carbocycles. The molecule has 9 aromatic rings. The second-order valence-corrected chi connectivity index (χ2v) is 17.4. The van der Waals surface area contributed by atoms with E-state index in [1.807, 2.05) is 0 Å². The van der Waals surface area contributed by atoms with Crippen molar-refractivity contribution < 1.29 is 0 Å². The molecule has 9 aromatic carbocycles. The Morgan fingerprint density at radius 1 is 0.433 bits per heavy atom. The van der Waals surface area contributed by atoms with Crippen molar-refractivity contribution >= 4 is 38.6 Å². The highest BCUT2D eigenvalue weighted by Gasteiger charge is 2.37. The number of benzene rings is 9. The number of nitrogens with zero attached hydrogens (tertiary/aromatic N) is 1. The molecule has 0 amide bonds. The van der Waals surface area contributed by atoms with Crippen molar-refractivity contribution in [2.75, 3.05) is 4.90 Å². The van der Waals surface area contributed by atoms with Crippen LogP contribution in [0.5, 0.6) is 0 Å². The molecule has 1 heteroatoms. The highest BCUT2D eigenvalue weighted by atomic mass is 15.1. The van der Waals surface area contributed by atoms with Crippen LogP contribution in [-0.4, -0.2) is 0 Å². The molecule has 0 heterocycles. The van der Waals surface area contributed by atoms with Gasteiger partial charge in [0, 0.05) is 22.2 Å². The monoisotopic (exact) mass is 771 g/mol. The molecule has 60 heavy (non-hydrogen) atoms. The Labute approximate surface area is 354 Å². The van der Waals surface area contributed by atoms with Gasteiger partial charge >= 0.3 is 0 Å². The first-order valence-corrected chi connectivity index (χ1v) is 21.9. The quantitative estimate of drug-likeness (QED) is 0.156. The van der Waals surface area contributed by atoms with Crippen LogP contribution in [-0.2, 0) is 5.41 Å². The molecule has 0 aliphatic heterocycles. The minimum atomic E-state index is -0.129. The van der Waals surface area contributed by atoms with Crippen molar-refractivity contribution in [1.82, 2.24) is 0 Å². The van der Waals surface area contributed by atoms with E-state index in [2.05, 4.69) is 213 Å². The van der Waals surface area contributed by atoms with Crippen molar-refractivity contribution in [3.05, 3.63) is 211 Å². The molecule has 1 nitrogen and oxygen atoms in total. The van der Waals surface area contributed by atoms with E-state index >= 15 is 0 Å². The summed E-state index contributed by atoms with van der Waals surface area (Å²) < 4.78 is 0. The molecule has 0 atom stereocenters. The van der Waals surface area contributed by atoms with Gasteiger partial charge in [-0.2, -0.15) is 0 Å². The standard InChI is InChI=1S/C59H49N/c1-59(2)54-36-11-8-28-49(54)53-35-18-32-47(58(53)59)43-25-14-26-44(39-43)60(55-37-12-9-29-50(55)48-33-15-22-40-21-6-7-27-45(40)48)56-38-13-10-30-51(56)52-34-17-24-42-23-16-31-46(57(42)52)41-19-4-3-5-20-41/h6-18,21-39,41H,3-5,19-20H2,1-2H3. The summed E-state index contributed by atoms with van der Waals surface area (Å²) in [7, 11) is 0. The van der Waals surface area contributed by atoms with Crippen molar-refractivity contribution in [3.63, 3.8) is 0 Å². The first-order chi connectivity index (χ1) is 29.6. The molecule has 1 fully saturated rings. The fourth-order valence-electron chi connectivity index (χ4n) is 10.9. The first-order valence-electron chi connectivity index (χ1n) is 21.9. The van der Waals surface area contributed by atoms with Crippen LogP contribution >= 0.6 is 0 Å². The molecule has 0 unspecified atom stereocenters. The van der Waals surface area contributed by atoms with Gasteiger partial charge in [0.1, 0.15) is 0 Å². The Kier molecular flexibility index (Phi) is 9.00. The number of hydrogen-bond donors (Lipinski definition) is 0. The van der Waals surface area contributed by atoms with Crippen LogP contribution < -0.4 is 4.90 Å². The number of anilines is 3. The second kappa shape index (κ2) is 14.8. The van der Waals surface area contributed by atoms with Crippen LogP contribution in [0.1, 0.15) is 68.6 Å². The maximum absolute atomic E-state index is 2.54. The molecule has 1 saturated carbocycles. The van der Waals surface area contributed by atoms with Gasteiger partial charge in [0.25, 0.3) is 0 Å². The van der Waals surface area contributed by atoms with E-state index in [0.717, 1.165) is 11.4 Å². The van der Waals surface area contributed by atoms with E-state index in [1.165, 1.54) is 121 Å². The van der Waals surface area contributed by atoms with Crippen LogP contribution in [0.4, 0.5) is 17.1 Å². The smallest absolute Gasteiger partial charge is 0.0540 e. The van der Waals surface area contributed by atoms with Crippen molar-refractivity contribution in [1.29, 1.82) is 0 Å². The Balaban J connectivity index is 1.16. The summed E-state index contributed by atoms with van der Waals surface area (Å²) in [6.07, 6.45) is 6.48. The van der Waals surface area contributed by atoms with Gasteiger partial charge in [-0.15, -0.1) is 0 Å². The van der Waals surface area contributed by atoms with E-state index in [1.54, 1.807) is 0 Å². The fraction of sp³-hybridized carbons (Fsp3) is 0.153. The van der Waals surface area contributed by atoms with Crippen LogP contribution in [0.2, 0.25) is 0 Å². The number of para-hydroxylation sites is 2. The predicted octanol–water partition coefficient (Wildman–Crippen LogP) is 16.8. The molecule has 0 aromatic heterocycles. The zero-order valence-corrected chi connectivity index (χ0v) is 34.5. The highest BCUT2D eigenvalue weighted by molar-refractivity contribution is 6.06. The van der Waals surface area contributed by atoms with Gasteiger partial charge in [-0.05, 0) is 115 Å². The van der Waals surface area contributed by atoms with E-state index in [4.69, 9.17) is 0 Å². The lowest BCUT2D eigenvalue weighted by atomic mass is 9.79. The summed E-state index contributed by atoms with van der Waals surface area (Å²) in [6, 6.07) is 72.7. The Bertz CT molecular complexity index is 3060. The summed E-state index contributed by atoms with van der Waals surface area (Å²) in [5, 5.41) is 5.21. The Morgan fingerprint density at radius 3 is 1.78 bits per heavy atom. The summed E-state index contributed by atoms with van der Waals surface area (Å²) in [5.41, 5.74) is 17.8. The SMILES string of the molecule is CC1(C)c2ccccc2-c2cccc(-c3cccc(N(c4ccccc4-c4cccc5ccccc45)c4ccccc4-c4cccc5cccc(C6CCCCC6)c45)c3)c21. The van der Waals surface area contributed by atoms with Crippen molar-refractivity contribution in [2.45, 2.75) is 57.3 Å². The largest absolute Gasteiger partial charge is 0.309 e. The van der Waals surface area contributed by atoms with E-state index in [-0.39, 0.29) is 5.41 Å². The summed E-state index contributed by atoms with van der Waals surface area (Å²) in [6.45, 7) is 4.78. The molecule has 0 spiro atoms. The zero-order valence-electron chi connectivity index (χ0n) is 34.5. The van der Waals surface area contributed by atoms with Crippen molar-refractivity contribution in [3.8, 4) is 44.5 Å². The maximum atomic E-state index is 2.54. The Morgan fingerprint density at radius 2 is 0.983 bits per heavy atom. The van der Waals surface area contributed by atoms with Gasteiger partial charge in [0.15, 0.2) is 0 Å².